The van der Waals surface area contributed by atoms with Crippen molar-refractivity contribution in [3.05, 3.63) is 60.2 Å². The standard InChI is InChI=1S/C13H14OS/c1-2-3-4-5-9-12-15(14)13-10-7-6-8-11-13/h2,5-8,10-12H,1,3-4H2. The fraction of sp³-hybridized carbons (Fsp3) is 0.154. The fourth-order valence-corrected chi connectivity index (χ4v) is 1.80. The molecule has 78 valence electrons. The molecule has 0 bridgehead atoms. The molecule has 0 amide bonds. The van der Waals surface area contributed by atoms with Gasteiger partial charge >= 0.3 is 0 Å². The van der Waals surface area contributed by atoms with Crippen molar-refractivity contribution in [2.24, 2.45) is 0 Å². The first-order valence-electron chi connectivity index (χ1n) is 4.82. The van der Waals surface area contributed by atoms with Gasteiger partial charge < -0.3 is 0 Å². The maximum Gasteiger partial charge on any atom is 0.0854 e. The molecule has 15 heavy (non-hydrogen) atoms. The second-order valence-electron chi connectivity index (χ2n) is 2.97. The van der Waals surface area contributed by atoms with Crippen molar-refractivity contribution in [2.75, 3.05) is 0 Å². The minimum absolute atomic E-state index is 0.808. The molecule has 0 saturated carbocycles. The summed E-state index contributed by atoms with van der Waals surface area (Å²) in [6, 6.07) is 9.35. The molecule has 1 aromatic rings. The smallest absolute Gasteiger partial charge is 0.0854 e. The SMILES string of the molecule is C=CCCC=C=CS(=O)c1ccccc1. The molecule has 0 radical (unpaired) electrons. The van der Waals surface area contributed by atoms with E-state index in [-0.39, 0.29) is 0 Å². The van der Waals surface area contributed by atoms with Crippen LogP contribution in [0.15, 0.2) is 65.1 Å². The number of benzene rings is 1. The summed E-state index contributed by atoms with van der Waals surface area (Å²) in [5.41, 5.74) is 2.92. The molecule has 0 aliphatic rings. The lowest BCUT2D eigenvalue weighted by Gasteiger charge is -1.92. The Kier molecular flexibility index (Phi) is 5.46. The van der Waals surface area contributed by atoms with Crippen LogP contribution in [0.1, 0.15) is 12.8 Å². The van der Waals surface area contributed by atoms with Crippen LogP contribution in [-0.2, 0) is 10.8 Å². The molecule has 1 atom stereocenters. The molecule has 0 aliphatic carbocycles. The molecule has 0 aromatic heterocycles. The van der Waals surface area contributed by atoms with Gasteiger partial charge in [0.25, 0.3) is 0 Å². The number of hydrogen-bond acceptors (Lipinski definition) is 1. The van der Waals surface area contributed by atoms with Crippen LogP contribution in [0.25, 0.3) is 0 Å². The highest BCUT2D eigenvalue weighted by molar-refractivity contribution is 7.88. The molecule has 0 aliphatic heterocycles. The maximum atomic E-state index is 11.6. The lowest BCUT2D eigenvalue weighted by Crippen LogP contribution is -1.83. The third-order valence-electron chi connectivity index (χ3n) is 1.78. The van der Waals surface area contributed by atoms with Crippen LogP contribution < -0.4 is 0 Å². The summed E-state index contributed by atoms with van der Waals surface area (Å²) in [5.74, 6) is 0. The zero-order valence-corrected chi connectivity index (χ0v) is 9.37. The lowest BCUT2D eigenvalue weighted by molar-refractivity contribution is 0.688. The highest BCUT2D eigenvalue weighted by Gasteiger charge is 1.95. The first kappa shape index (κ1) is 11.7. The molecule has 1 nitrogen and oxygen atoms in total. The Morgan fingerprint density at radius 3 is 2.67 bits per heavy atom. The van der Waals surface area contributed by atoms with Crippen LogP contribution in [0, 0.1) is 0 Å². The van der Waals surface area contributed by atoms with E-state index in [4.69, 9.17) is 0 Å². The molecule has 1 rings (SSSR count). The molecular formula is C13H14OS. The quantitative estimate of drug-likeness (QED) is 0.420. The number of unbranched alkanes of at least 4 members (excludes halogenated alkanes) is 1. The monoisotopic (exact) mass is 218 g/mol. The van der Waals surface area contributed by atoms with E-state index in [9.17, 15) is 4.21 Å². The maximum absolute atomic E-state index is 11.6. The van der Waals surface area contributed by atoms with E-state index in [1.165, 1.54) is 0 Å². The fourth-order valence-electron chi connectivity index (χ4n) is 1.02. The molecule has 2 heteroatoms. The molecule has 0 N–H and O–H groups in total. The van der Waals surface area contributed by atoms with Gasteiger partial charge in [-0.2, -0.15) is 0 Å². The Balaban J connectivity index is 2.56. The number of hydrogen-bond donors (Lipinski definition) is 0. The number of rotatable bonds is 5. The average Bonchev–Trinajstić information content (AvgIpc) is 2.30. The van der Waals surface area contributed by atoms with Gasteiger partial charge in [0, 0.05) is 10.3 Å². The molecule has 1 aromatic carbocycles. The third-order valence-corrected chi connectivity index (χ3v) is 2.87. The van der Waals surface area contributed by atoms with E-state index in [0.717, 1.165) is 17.7 Å². The summed E-state index contributed by atoms with van der Waals surface area (Å²) >= 11 is 0. The van der Waals surface area contributed by atoms with Crippen LogP contribution in [-0.4, -0.2) is 4.21 Å². The Morgan fingerprint density at radius 2 is 2.00 bits per heavy atom. The highest BCUT2D eigenvalue weighted by Crippen LogP contribution is 2.05. The Hall–Kier alpha value is -1.37. The van der Waals surface area contributed by atoms with Gasteiger partial charge in [-0.05, 0) is 31.1 Å². The summed E-state index contributed by atoms with van der Waals surface area (Å²) in [4.78, 5) is 0.808. The van der Waals surface area contributed by atoms with Crippen molar-refractivity contribution in [3.8, 4) is 0 Å². The molecule has 0 heterocycles. The summed E-state index contributed by atoms with van der Waals surface area (Å²) in [6.45, 7) is 3.62. The van der Waals surface area contributed by atoms with Gasteiger partial charge in [0.05, 0.1) is 10.8 Å². The molecular weight excluding hydrogens is 204 g/mol. The summed E-state index contributed by atoms with van der Waals surface area (Å²) in [6.07, 6.45) is 5.56. The lowest BCUT2D eigenvalue weighted by atomic mass is 10.3. The Bertz CT molecular complexity index is 386. The van der Waals surface area contributed by atoms with Gasteiger partial charge in [0.2, 0.25) is 0 Å². The normalized spacial score (nSPS) is 11.2. The first-order chi connectivity index (χ1) is 7.34. The predicted molar refractivity (Wildman–Crippen MR) is 64.9 cm³/mol. The summed E-state index contributed by atoms with van der Waals surface area (Å²) < 4.78 is 11.6. The summed E-state index contributed by atoms with van der Waals surface area (Å²) in [5, 5.41) is 1.58. The van der Waals surface area contributed by atoms with Crippen molar-refractivity contribution < 1.29 is 4.21 Å². The van der Waals surface area contributed by atoms with Crippen molar-refractivity contribution in [3.63, 3.8) is 0 Å². The number of allylic oxidation sites excluding steroid dienone is 2. The zero-order valence-electron chi connectivity index (χ0n) is 8.56. The minimum atomic E-state index is -1.08. The van der Waals surface area contributed by atoms with Gasteiger partial charge in [-0.3, -0.25) is 0 Å². The second-order valence-corrected chi connectivity index (χ2v) is 4.27. The second kappa shape index (κ2) is 6.99. The van der Waals surface area contributed by atoms with Gasteiger partial charge in [-0.25, -0.2) is 4.21 Å². The van der Waals surface area contributed by atoms with Gasteiger partial charge in [-0.15, -0.1) is 12.3 Å². The highest BCUT2D eigenvalue weighted by atomic mass is 32.2. The Morgan fingerprint density at radius 1 is 1.27 bits per heavy atom. The van der Waals surface area contributed by atoms with Crippen LogP contribution >= 0.6 is 0 Å². The van der Waals surface area contributed by atoms with E-state index >= 15 is 0 Å². The van der Waals surface area contributed by atoms with Crippen molar-refractivity contribution >= 4 is 10.8 Å². The first-order valence-corrected chi connectivity index (χ1v) is 6.03. The Labute approximate surface area is 93.3 Å². The molecule has 0 fully saturated rings. The largest absolute Gasteiger partial charge is 0.249 e. The van der Waals surface area contributed by atoms with E-state index < -0.39 is 10.8 Å². The van der Waals surface area contributed by atoms with Gasteiger partial charge in [-0.1, -0.05) is 24.3 Å². The zero-order chi connectivity index (χ0) is 10.9. The van der Waals surface area contributed by atoms with E-state index in [0.29, 0.717) is 0 Å². The summed E-state index contributed by atoms with van der Waals surface area (Å²) in [7, 11) is -1.08. The molecule has 0 spiro atoms. The molecule has 0 saturated heterocycles. The van der Waals surface area contributed by atoms with Crippen LogP contribution in [0.3, 0.4) is 0 Å². The topological polar surface area (TPSA) is 17.1 Å². The van der Waals surface area contributed by atoms with E-state index in [2.05, 4.69) is 12.3 Å². The minimum Gasteiger partial charge on any atom is -0.249 e. The van der Waals surface area contributed by atoms with E-state index in [1.807, 2.05) is 42.5 Å². The third kappa shape index (κ3) is 4.59. The van der Waals surface area contributed by atoms with Crippen LogP contribution in [0.4, 0.5) is 0 Å². The predicted octanol–water partition coefficient (Wildman–Crippen LogP) is 3.43. The average molecular weight is 218 g/mol. The van der Waals surface area contributed by atoms with Crippen molar-refractivity contribution in [1.29, 1.82) is 0 Å². The van der Waals surface area contributed by atoms with E-state index in [1.54, 1.807) is 5.41 Å². The van der Waals surface area contributed by atoms with Gasteiger partial charge in [0.1, 0.15) is 0 Å². The van der Waals surface area contributed by atoms with Crippen LogP contribution in [0.5, 0.6) is 0 Å². The van der Waals surface area contributed by atoms with Crippen molar-refractivity contribution in [1.82, 2.24) is 0 Å². The van der Waals surface area contributed by atoms with Gasteiger partial charge in [0.15, 0.2) is 0 Å². The van der Waals surface area contributed by atoms with Crippen molar-refractivity contribution in [2.45, 2.75) is 17.7 Å². The van der Waals surface area contributed by atoms with Crippen LogP contribution in [0.2, 0.25) is 0 Å². The molecule has 1 unspecified atom stereocenters.